The Bertz CT molecular complexity index is 820. The molecule has 23 heavy (non-hydrogen) atoms. The second kappa shape index (κ2) is 6.47. The van der Waals surface area contributed by atoms with Gasteiger partial charge in [0.1, 0.15) is 10.9 Å². The predicted octanol–water partition coefficient (Wildman–Crippen LogP) is 3.83. The lowest BCUT2D eigenvalue weighted by Crippen LogP contribution is -2.20. The smallest absolute Gasteiger partial charge is 0.308 e. The fourth-order valence-electron chi connectivity index (χ4n) is 1.88. The van der Waals surface area contributed by atoms with E-state index in [1.807, 2.05) is 26.8 Å². The van der Waals surface area contributed by atoms with Crippen molar-refractivity contribution in [1.82, 2.24) is 4.98 Å². The number of benzene rings is 1. The van der Waals surface area contributed by atoms with Crippen molar-refractivity contribution < 1.29 is 4.79 Å². The molecule has 0 aliphatic heterocycles. The molecule has 2 amide bonds. The number of aromatic nitrogens is 1. The van der Waals surface area contributed by atoms with Crippen LogP contribution in [0, 0.1) is 22.7 Å². The van der Waals surface area contributed by atoms with Gasteiger partial charge < -0.3 is 5.32 Å². The minimum atomic E-state index is -0.473. The van der Waals surface area contributed by atoms with E-state index in [-0.39, 0.29) is 5.41 Å². The summed E-state index contributed by atoms with van der Waals surface area (Å²) in [6.07, 6.45) is 0. The number of nitrogens with one attached hydrogen (secondary N) is 2. The van der Waals surface area contributed by atoms with Gasteiger partial charge in [0.2, 0.25) is 0 Å². The molecule has 0 radical (unpaired) electrons. The molecule has 0 atom stereocenters. The summed E-state index contributed by atoms with van der Waals surface area (Å²) in [5.41, 5.74) is 1.35. The Labute approximate surface area is 138 Å². The van der Waals surface area contributed by atoms with Gasteiger partial charge in [-0.05, 0) is 18.2 Å². The number of thiazole rings is 1. The van der Waals surface area contributed by atoms with Crippen LogP contribution in [0.3, 0.4) is 0 Å². The lowest BCUT2D eigenvalue weighted by Gasteiger charge is -2.15. The molecule has 6 nitrogen and oxygen atoms in total. The van der Waals surface area contributed by atoms with Gasteiger partial charge in [0.15, 0.2) is 5.13 Å². The van der Waals surface area contributed by atoms with E-state index >= 15 is 0 Å². The van der Waals surface area contributed by atoms with Crippen LogP contribution in [0.5, 0.6) is 0 Å². The molecule has 7 heteroatoms. The quantitative estimate of drug-likeness (QED) is 0.876. The predicted molar refractivity (Wildman–Crippen MR) is 89.3 cm³/mol. The Hall–Kier alpha value is -2.90. The van der Waals surface area contributed by atoms with E-state index in [2.05, 4.69) is 21.7 Å². The van der Waals surface area contributed by atoms with Crippen LogP contribution in [0.25, 0.3) is 0 Å². The molecule has 0 unspecified atom stereocenters. The molecule has 0 saturated carbocycles. The minimum Gasteiger partial charge on any atom is -0.308 e. The summed E-state index contributed by atoms with van der Waals surface area (Å²) in [6, 6.07) is 10.2. The highest BCUT2D eigenvalue weighted by Crippen LogP contribution is 2.31. The van der Waals surface area contributed by atoms with Gasteiger partial charge in [-0.15, -0.1) is 0 Å². The molecule has 0 fully saturated rings. The average Bonchev–Trinajstić information content (AvgIpc) is 2.90. The van der Waals surface area contributed by atoms with Crippen LogP contribution in [-0.2, 0) is 5.41 Å². The van der Waals surface area contributed by atoms with Crippen molar-refractivity contribution in [3.8, 4) is 12.1 Å². The summed E-state index contributed by atoms with van der Waals surface area (Å²) in [5.74, 6) is 0. The van der Waals surface area contributed by atoms with E-state index in [0.29, 0.717) is 27.0 Å². The number of carbonyl (C=O) groups excluding carboxylic acids is 1. The van der Waals surface area contributed by atoms with Crippen LogP contribution in [0.15, 0.2) is 24.3 Å². The lowest BCUT2D eigenvalue weighted by atomic mass is 9.91. The number of anilines is 2. The van der Waals surface area contributed by atoms with E-state index in [1.54, 1.807) is 24.3 Å². The topological polar surface area (TPSA) is 102 Å². The van der Waals surface area contributed by atoms with E-state index < -0.39 is 6.03 Å². The first-order chi connectivity index (χ1) is 10.8. The van der Waals surface area contributed by atoms with Crippen LogP contribution in [0.4, 0.5) is 15.6 Å². The molecule has 0 saturated heterocycles. The molecule has 1 heterocycles. The van der Waals surface area contributed by atoms with Crippen LogP contribution in [-0.4, -0.2) is 11.0 Å². The van der Waals surface area contributed by atoms with Gasteiger partial charge in [-0.3, -0.25) is 5.32 Å². The molecule has 0 spiro atoms. The second-order valence-corrected chi connectivity index (χ2v) is 6.83. The van der Waals surface area contributed by atoms with Crippen molar-refractivity contribution in [2.45, 2.75) is 26.2 Å². The number of carbonyl (C=O) groups is 1. The monoisotopic (exact) mass is 325 g/mol. The fraction of sp³-hybridized carbons (Fsp3) is 0.250. The number of amides is 2. The SMILES string of the molecule is CC(C)(C)c1nc(NC(=O)Nc2cccc(C#N)c2)sc1C#N. The summed E-state index contributed by atoms with van der Waals surface area (Å²) < 4.78 is 0. The zero-order valence-electron chi connectivity index (χ0n) is 13.0. The van der Waals surface area contributed by atoms with Crippen molar-refractivity contribution in [3.05, 3.63) is 40.4 Å². The van der Waals surface area contributed by atoms with Crippen molar-refractivity contribution in [2.24, 2.45) is 0 Å². The lowest BCUT2D eigenvalue weighted by molar-refractivity contribution is 0.262. The molecule has 2 aromatic rings. The Morgan fingerprint density at radius 2 is 1.96 bits per heavy atom. The summed E-state index contributed by atoms with van der Waals surface area (Å²) in [6.45, 7) is 5.88. The van der Waals surface area contributed by atoms with Gasteiger partial charge in [0, 0.05) is 11.1 Å². The molecule has 0 aliphatic rings. The molecule has 2 rings (SSSR count). The third-order valence-corrected chi connectivity index (χ3v) is 3.78. The van der Waals surface area contributed by atoms with Crippen molar-refractivity contribution in [2.75, 3.05) is 10.6 Å². The van der Waals surface area contributed by atoms with Crippen LogP contribution >= 0.6 is 11.3 Å². The molecular formula is C16H15N5OS. The fourth-order valence-corrected chi connectivity index (χ4v) is 2.85. The number of nitrogens with zero attached hydrogens (tertiary/aromatic N) is 3. The largest absolute Gasteiger partial charge is 0.325 e. The summed E-state index contributed by atoms with van der Waals surface area (Å²) >= 11 is 1.14. The van der Waals surface area contributed by atoms with E-state index in [4.69, 9.17) is 5.26 Å². The normalized spacial score (nSPS) is 10.5. The Morgan fingerprint density at radius 1 is 1.22 bits per heavy atom. The molecule has 0 aliphatic carbocycles. The number of rotatable bonds is 2. The molecular weight excluding hydrogens is 310 g/mol. The van der Waals surface area contributed by atoms with E-state index in [0.717, 1.165) is 11.3 Å². The molecule has 116 valence electrons. The summed E-state index contributed by atoms with van der Waals surface area (Å²) in [5, 5.41) is 23.6. The average molecular weight is 325 g/mol. The zero-order chi connectivity index (χ0) is 17.0. The van der Waals surface area contributed by atoms with Gasteiger partial charge in [-0.2, -0.15) is 10.5 Å². The van der Waals surface area contributed by atoms with Crippen molar-refractivity contribution in [1.29, 1.82) is 10.5 Å². The first-order valence-corrected chi connectivity index (χ1v) is 7.64. The van der Waals surface area contributed by atoms with Gasteiger partial charge in [-0.25, -0.2) is 9.78 Å². The van der Waals surface area contributed by atoms with Gasteiger partial charge in [0.25, 0.3) is 0 Å². The molecule has 1 aromatic carbocycles. The maximum atomic E-state index is 12.0. The standard InChI is InChI=1S/C16H15N5OS/c1-16(2,3)13-12(9-18)23-15(20-13)21-14(22)19-11-6-4-5-10(7-11)8-17/h4-7H,1-3H3,(H2,19,20,21,22). The third-order valence-electron chi connectivity index (χ3n) is 2.91. The number of hydrogen-bond acceptors (Lipinski definition) is 5. The molecule has 1 aromatic heterocycles. The van der Waals surface area contributed by atoms with Crippen molar-refractivity contribution >= 4 is 28.2 Å². The maximum Gasteiger partial charge on any atom is 0.325 e. The number of hydrogen-bond donors (Lipinski definition) is 2. The van der Waals surface area contributed by atoms with Gasteiger partial charge in [0.05, 0.1) is 17.3 Å². The Balaban J connectivity index is 2.13. The number of urea groups is 1. The first-order valence-electron chi connectivity index (χ1n) is 6.83. The Kier molecular flexibility index (Phi) is 4.63. The van der Waals surface area contributed by atoms with E-state index in [9.17, 15) is 10.1 Å². The van der Waals surface area contributed by atoms with Gasteiger partial charge >= 0.3 is 6.03 Å². The summed E-state index contributed by atoms with van der Waals surface area (Å²) in [7, 11) is 0. The highest BCUT2D eigenvalue weighted by molar-refractivity contribution is 7.16. The zero-order valence-corrected chi connectivity index (χ0v) is 13.8. The summed E-state index contributed by atoms with van der Waals surface area (Å²) in [4.78, 5) is 16.8. The highest BCUT2D eigenvalue weighted by atomic mass is 32.1. The van der Waals surface area contributed by atoms with Crippen LogP contribution < -0.4 is 10.6 Å². The molecule has 2 N–H and O–H groups in total. The van der Waals surface area contributed by atoms with Crippen LogP contribution in [0.1, 0.15) is 36.9 Å². The van der Waals surface area contributed by atoms with Crippen LogP contribution in [0.2, 0.25) is 0 Å². The number of nitriles is 2. The van der Waals surface area contributed by atoms with E-state index in [1.165, 1.54) is 0 Å². The van der Waals surface area contributed by atoms with Crippen molar-refractivity contribution in [3.63, 3.8) is 0 Å². The Morgan fingerprint density at radius 3 is 2.52 bits per heavy atom. The highest BCUT2D eigenvalue weighted by Gasteiger charge is 2.23. The molecule has 0 bridgehead atoms. The minimum absolute atomic E-state index is 0.279. The third kappa shape index (κ3) is 4.06. The second-order valence-electron chi connectivity index (χ2n) is 5.83. The first kappa shape index (κ1) is 16.5. The maximum absolute atomic E-state index is 12.0. The van der Waals surface area contributed by atoms with Gasteiger partial charge in [-0.1, -0.05) is 38.2 Å².